The van der Waals surface area contributed by atoms with Crippen molar-refractivity contribution in [1.82, 2.24) is 10.2 Å². The first-order valence-electron chi connectivity index (χ1n) is 6.53. The molecule has 0 rings (SSSR count). The van der Waals surface area contributed by atoms with Crippen molar-refractivity contribution in [3.05, 3.63) is 12.7 Å². The molecule has 0 bridgehead atoms. The van der Waals surface area contributed by atoms with Crippen LogP contribution in [0.5, 0.6) is 0 Å². The highest BCUT2D eigenvalue weighted by Gasteiger charge is 2.23. The van der Waals surface area contributed by atoms with Crippen molar-refractivity contribution >= 4 is 11.8 Å². The summed E-state index contributed by atoms with van der Waals surface area (Å²) in [7, 11) is 0. The summed E-state index contributed by atoms with van der Waals surface area (Å²) in [6, 6.07) is 0. The molecule has 0 aliphatic carbocycles. The molecular weight excluding hydrogens is 244 g/mol. The Morgan fingerprint density at radius 1 is 1.42 bits per heavy atom. The third kappa shape index (κ3) is 7.62. The number of carbonyl (C=O) groups is 2. The van der Waals surface area contributed by atoms with Crippen molar-refractivity contribution in [2.75, 3.05) is 19.7 Å². The van der Waals surface area contributed by atoms with Crippen LogP contribution < -0.4 is 5.32 Å². The third-order valence-electron chi connectivity index (χ3n) is 2.35. The maximum Gasteiger partial charge on any atom is 0.251 e. The third-order valence-corrected chi connectivity index (χ3v) is 2.35. The van der Waals surface area contributed by atoms with Gasteiger partial charge in [0.15, 0.2) is 0 Å². The predicted octanol–water partition coefficient (Wildman–Crippen LogP) is 1.34. The fraction of sp³-hybridized carbons (Fsp3) is 0.714. The summed E-state index contributed by atoms with van der Waals surface area (Å²) in [6.07, 6.45) is 1.02. The van der Waals surface area contributed by atoms with E-state index in [2.05, 4.69) is 11.9 Å². The summed E-state index contributed by atoms with van der Waals surface area (Å²) in [6.45, 7) is 13.6. The van der Waals surface area contributed by atoms with Gasteiger partial charge < -0.3 is 15.0 Å². The summed E-state index contributed by atoms with van der Waals surface area (Å²) in [5, 5.41) is 2.83. The second kappa shape index (κ2) is 7.94. The van der Waals surface area contributed by atoms with Gasteiger partial charge >= 0.3 is 0 Å². The van der Waals surface area contributed by atoms with Crippen molar-refractivity contribution in [3.63, 3.8) is 0 Å². The van der Waals surface area contributed by atoms with Crippen molar-refractivity contribution in [1.29, 1.82) is 0 Å². The van der Waals surface area contributed by atoms with Crippen LogP contribution in [-0.2, 0) is 14.3 Å². The van der Waals surface area contributed by atoms with Gasteiger partial charge in [-0.3, -0.25) is 9.59 Å². The molecule has 0 aromatic carbocycles. The number of nitrogens with zero attached hydrogens (tertiary/aromatic N) is 1. The number of carbonyl (C=O) groups excluding carboxylic acids is 2. The molecule has 0 aromatic rings. The molecule has 0 fully saturated rings. The number of nitrogens with one attached hydrogen (secondary N) is 1. The van der Waals surface area contributed by atoms with E-state index >= 15 is 0 Å². The van der Waals surface area contributed by atoms with Crippen LogP contribution in [0.15, 0.2) is 12.7 Å². The van der Waals surface area contributed by atoms with Gasteiger partial charge in [-0.05, 0) is 34.6 Å². The molecule has 0 radical (unpaired) electrons. The minimum atomic E-state index is -0.569. The lowest BCUT2D eigenvalue weighted by molar-refractivity contribution is -0.144. The molecule has 0 saturated carbocycles. The zero-order valence-corrected chi connectivity index (χ0v) is 12.7. The first kappa shape index (κ1) is 17.6. The summed E-state index contributed by atoms with van der Waals surface area (Å²) >= 11 is 0. The summed E-state index contributed by atoms with van der Waals surface area (Å²) in [4.78, 5) is 25.4. The zero-order chi connectivity index (χ0) is 15.1. The van der Waals surface area contributed by atoms with Crippen LogP contribution in [0.2, 0.25) is 0 Å². The first-order valence-corrected chi connectivity index (χ1v) is 6.53. The average molecular weight is 270 g/mol. The highest BCUT2D eigenvalue weighted by atomic mass is 16.5. The molecule has 19 heavy (non-hydrogen) atoms. The normalized spacial score (nSPS) is 12.7. The molecule has 5 nitrogen and oxygen atoms in total. The zero-order valence-electron chi connectivity index (χ0n) is 12.7. The van der Waals surface area contributed by atoms with E-state index < -0.39 is 6.10 Å². The largest absolute Gasteiger partial charge is 0.365 e. The number of ether oxygens (including phenoxy) is 1. The minimum Gasteiger partial charge on any atom is -0.365 e. The van der Waals surface area contributed by atoms with Crippen molar-refractivity contribution in [2.45, 2.75) is 46.3 Å². The molecule has 0 saturated heterocycles. The molecule has 0 aliphatic heterocycles. The number of amides is 2. The molecule has 110 valence electrons. The molecule has 0 aliphatic rings. The van der Waals surface area contributed by atoms with Gasteiger partial charge in [0.1, 0.15) is 6.10 Å². The van der Waals surface area contributed by atoms with Gasteiger partial charge in [-0.2, -0.15) is 0 Å². The maximum atomic E-state index is 12.1. The molecule has 5 heteroatoms. The van der Waals surface area contributed by atoms with E-state index in [0.717, 1.165) is 0 Å². The Morgan fingerprint density at radius 3 is 2.42 bits per heavy atom. The van der Waals surface area contributed by atoms with Gasteiger partial charge in [0.05, 0.1) is 13.2 Å². The number of hydrogen-bond donors (Lipinski definition) is 1. The summed E-state index contributed by atoms with van der Waals surface area (Å²) < 4.78 is 5.28. The Balaban J connectivity index is 4.44. The quantitative estimate of drug-likeness (QED) is 0.710. The van der Waals surface area contributed by atoms with Crippen molar-refractivity contribution < 1.29 is 14.3 Å². The average Bonchev–Trinajstić information content (AvgIpc) is 2.29. The molecular formula is C14H26N2O3. The van der Waals surface area contributed by atoms with Crippen LogP contribution in [0.3, 0.4) is 0 Å². The molecule has 0 heterocycles. The molecule has 2 amide bonds. The van der Waals surface area contributed by atoms with Crippen LogP contribution in [0.25, 0.3) is 0 Å². The molecule has 1 N–H and O–H groups in total. The lowest BCUT2D eigenvalue weighted by atomic mass is 10.1. The second-order valence-electron chi connectivity index (χ2n) is 5.41. The predicted molar refractivity (Wildman–Crippen MR) is 75.8 cm³/mol. The van der Waals surface area contributed by atoms with Gasteiger partial charge in [-0.15, -0.1) is 6.58 Å². The number of hydrogen-bond acceptors (Lipinski definition) is 3. The molecule has 1 atom stereocenters. The van der Waals surface area contributed by atoms with E-state index in [1.807, 2.05) is 27.7 Å². The Morgan fingerprint density at radius 2 is 2.00 bits per heavy atom. The standard InChI is InChI=1S/C14H26N2O3/c1-7-9-19-11(3)13(18)16(8-2)10-12(17)15-14(4,5)6/h7,11H,1,8-10H2,2-6H3,(H,15,17). The summed E-state index contributed by atoms with van der Waals surface area (Å²) in [5.74, 6) is -0.355. The van der Waals surface area contributed by atoms with E-state index in [1.165, 1.54) is 4.90 Å². The monoisotopic (exact) mass is 270 g/mol. The van der Waals surface area contributed by atoms with Gasteiger partial charge in [0.2, 0.25) is 5.91 Å². The second-order valence-corrected chi connectivity index (χ2v) is 5.41. The van der Waals surface area contributed by atoms with Crippen LogP contribution in [0.4, 0.5) is 0 Å². The lowest BCUT2D eigenvalue weighted by Crippen LogP contribution is -2.49. The van der Waals surface area contributed by atoms with Gasteiger partial charge in [-0.1, -0.05) is 6.08 Å². The molecule has 1 unspecified atom stereocenters. The highest BCUT2D eigenvalue weighted by Crippen LogP contribution is 2.02. The fourth-order valence-corrected chi connectivity index (χ4v) is 1.52. The van der Waals surface area contributed by atoms with Crippen LogP contribution >= 0.6 is 0 Å². The van der Waals surface area contributed by atoms with Crippen LogP contribution in [-0.4, -0.2) is 48.1 Å². The first-order chi connectivity index (χ1) is 8.71. The smallest absolute Gasteiger partial charge is 0.251 e. The Bertz CT molecular complexity index is 321. The SMILES string of the molecule is C=CCOC(C)C(=O)N(CC)CC(=O)NC(C)(C)C. The van der Waals surface area contributed by atoms with Crippen molar-refractivity contribution in [3.8, 4) is 0 Å². The highest BCUT2D eigenvalue weighted by molar-refractivity contribution is 5.87. The topological polar surface area (TPSA) is 58.6 Å². The number of likely N-dealkylation sites (N-methyl/N-ethyl adjacent to an activating group) is 1. The van der Waals surface area contributed by atoms with Crippen LogP contribution in [0, 0.1) is 0 Å². The Labute approximate surface area is 116 Å². The Kier molecular flexibility index (Phi) is 7.37. The van der Waals surface area contributed by atoms with Crippen LogP contribution in [0.1, 0.15) is 34.6 Å². The maximum absolute atomic E-state index is 12.1. The van der Waals surface area contributed by atoms with Gasteiger partial charge in [-0.25, -0.2) is 0 Å². The van der Waals surface area contributed by atoms with E-state index in [9.17, 15) is 9.59 Å². The molecule has 0 spiro atoms. The fourth-order valence-electron chi connectivity index (χ4n) is 1.52. The van der Waals surface area contributed by atoms with Crippen molar-refractivity contribution in [2.24, 2.45) is 0 Å². The van der Waals surface area contributed by atoms with Gasteiger partial charge in [0.25, 0.3) is 5.91 Å². The van der Waals surface area contributed by atoms with E-state index in [-0.39, 0.29) is 23.9 Å². The van der Waals surface area contributed by atoms with E-state index in [0.29, 0.717) is 13.2 Å². The van der Waals surface area contributed by atoms with E-state index in [1.54, 1.807) is 13.0 Å². The lowest BCUT2D eigenvalue weighted by Gasteiger charge is -2.26. The van der Waals surface area contributed by atoms with E-state index in [4.69, 9.17) is 4.74 Å². The summed E-state index contributed by atoms with van der Waals surface area (Å²) in [5.41, 5.74) is -0.301. The number of rotatable bonds is 7. The Hall–Kier alpha value is -1.36. The van der Waals surface area contributed by atoms with Gasteiger partial charge in [0, 0.05) is 12.1 Å². The molecule has 0 aromatic heterocycles. The minimum absolute atomic E-state index is 0.0500.